The number of nitrogens with two attached hydrogens (primary N) is 1. The van der Waals surface area contributed by atoms with Crippen LogP contribution in [-0.2, 0) is 6.42 Å². The maximum absolute atomic E-state index is 5.72. The Balaban J connectivity index is 1.37. The van der Waals surface area contributed by atoms with Gasteiger partial charge in [0.05, 0.1) is 22.9 Å². The molecule has 0 unspecified atom stereocenters. The first-order valence-corrected chi connectivity index (χ1v) is 12.0. The summed E-state index contributed by atoms with van der Waals surface area (Å²) in [5.41, 5.74) is 11.8. The highest BCUT2D eigenvalue weighted by atomic mass is 32.2. The van der Waals surface area contributed by atoms with Crippen LogP contribution in [0.1, 0.15) is 5.56 Å². The topological polar surface area (TPSA) is 70.6 Å². The highest BCUT2D eigenvalue weighted by Gasteiger charge is 2.33. The number of anilines is 1. The number of hydrogen-bond acceptors (Lipinski definition) is 7. The van der Waals surface area contributed by atoms with E-state index in [2.05, 4.69) is 68.6 Å². The van der Waals surface area contributed by atoms with Gasteiger partial charge in [0.2, 0.25) is 0 Å². The lowest BCUT2D eigenvalue weighted by molar-refractivity contribution is 0.182. The molecule has 0 spiro atoms. The van der Waals surface area contributed by atoms with Gasteiger partial charge in [-0.25, -0.2) is 4.98 Å². The molecule has 0 saturated carbocycles. The van der Waals surface area contributed by atoms with Gasteiger partial charge in [0.25, 0.3) is 0 Å². The third kappa shape index (κ3) is 4.18. The minimum atomic E-state index is 0.601. The summed E-state index contributed by atoms with van der Waals surface area (Å²) in [6, 6.07) is 13.2. The van der Waals surface area contributed by atoms with Crippen molar-refractivity contribution in [2.24, 2.45) is 10.7 Å². The average Bonchev–Trinajstić information content (AvgIpc) is 2.79. The first-order valence-electron chi connectivity index (χ1n) is 10.9. The third-order valence-corrected chi connectivity index (χ3v) is 7.22. The fourth-order valence-corrected chi connectivity index (χ4v) is 5.34. The number of benzene rings is 2. The predicted octanol–water partition coefficient (Wildman–Crippen LogP) is 3.37. The molecule has 0 atom stereocenters. The second-order valence-electron chi connectivity index (χ2n) is 8.18. The molecule has 2 saturated heterocycles. The first-order chi connectivity index (χ1) is 15.2. The van der Waals surface area contributed by atoms with Crippen molar-refractivity contribution < 1.29 is 0 Å². The number of aliphatic imine (C=N–C) groups is 1. The van der Waals surface area contributed by atoms with Crippen molar-refractivity contribution in [1.29, 1.82) is 0 Å². The molecule has 0 bridgehead atoms. The van der Waals surface area contributed by atoms with E-state index in [9.17, 15) is 0 Å². The number of nitrogens with zero attached hydrogens (tertiary/aromatic N) is 5. The zero-order chi connectivity index (χ0) is 21.2. The molecule has 2 aliphatic heterocycles. The molecule has 5 rings (SSSR count). The van der Waals surface area contributed by atoms with E-state index in [1.165, 1.54) is 24.6 Å². The van der Waals surface area contributed by atoms with Crippen molar-refractivity contribution in [2.45, 2.75) is 12.5 Å². The van der Waals surface area contributed by atoms with Crippen molar-refractivity contribution in [3.8, 4) is 11.1 Å². The first kappa shape index (κ1) is 20.4. The molecule has 0 radical (unpaired) electrons. The Labute approximate surface area is 187 Å². The number of thioether (sulfide) groups is 1. The van der Waals surface area contributed by atoms with E-state index in [0.717, 1.165) is 58.7 Å². The predicted molar refractivity (Wildman–Crippen MR) is 132 cm³/mol. The molecule has 160 valence electrons. The highest BCUT2D eigenvalue weighted by molar-refractivity contribution is 7.99. The van der Waals surface area contributed by atoms with E-state index < -0.39 is 0 Å². The highest BCUT2D eigenvalue weighted by Crippen LogP contribution is 2.30. The Hall–Kier alpha value is -2.48. The molecule has 7 heteroatoms. The molecule has 2 aliphatic rings. The molecule has 2 aromatic carbocycles. The van der Waals surface area contributed by atoms with Gasteiger partial charge < -0.3 is 10.6 Å². The van der Waals surface area contributed by atoms with Gasteiger partial charge in [-0.1, -0.05) is 18.2 Å². The van der Waals surface area contributed by atoms with Gasteiger partial charge in [0, 0.05) is 43.7 Å². The lowest BCUT2D eigenvalue weighted by Gasteiger charge is -2.47. The van der Waals surface area contributed by atoms with Crippen molar-refractivity contribution in [1.82, 2.24) is 14.9 Å². The van der Waals surface area contributed by atoms with Crippen LogP contribution in [0.3, 0.4) is 0 Å². The summed E-state index contributed by atoms with van der Waals surface area (Å²) in [5, 5.41) is 0. The van der Waals surface area contributed by atoms with Crippen LogP contribution in [0.2, 0.25) is 0 Å². The lowest BCUT2D eigenvalue weighted by atomic mass is 10.0. The van der Waals surface area contributed by atoms with Crippen LogP contribution in [0.4, 0.5) is 11.5 Å². The van der Waals surface area contributed by atoms with Crippen molar-refractivity contribution in [2.75, 3.05) is 49.1 Å². The lowest BCUT2D eigenvalue weighted by Crippen LogP contribution is -2.61. The number of rotatable bonds is 6. The standard InChI is InChI=1S/C24H28N6S/c1-26-22-12-18(3-2-17(22)6-7-25)19-4-5-21-23(13-19)28-24(14-27-21)30-15-20(16-30)29-8-10-31-11-9-29/h2-5,12-14,20H,1,6-11,15-16,25H2. The summed E-state index contributed by atoms with van der Waals surface area (Å²) >= 11 is 2.06. The van der Waals surface area contributed by atoms with Crippen molar-refractivity contribution in [3.63, 3.8) is 0 Å². The van der Waals surface area contributed by atoms with Crippen molar-refractivity contribution in [3.05, 3.63) is 48.2 Å². The third-order valence-electron chi connectivity index (χ3n) is 6.28. The fraction of sp³-hybridized carbons (Fsp3) is 0.375. The Bertz CT molecular complexity index is 1090. The maximum atomic E-state index is 5.72. The van der Waals surface area contributed by atoms with Gasteiger partial charge in [0.1, 0.15) is 5.82 Å². The molecular weight excluding hydrogens is 404 g/mol. The second-order valence-corrected chi connectivity index (χ2v) is 9.40. The van der Waals surface area contributed by atoms with Gasteiger partial charge >= 0.3 is 0 Å². The molecule has 0 aliphatic carbocycles. The van der Waals surface area contributed by atoms with Gasteiger partial charge in [0.15, 0.2) is 0 Å². The zero-order valence-corrected chi connectivity index (χ0v) is 18.5. The van der Waals surface area contributed by atoms with Crippen LogP contribution < -0.4 is 10.6 Å². The molecule has 31 heavy (non-hydrogen) atoms. The van der Waals surface area contributed by atoms with Crippen molar-refractivity contribution >= 4 is 41.0 Å². The largest absolute Gasteiger partial charge is 0.352 e. The molecule has 3 aromatic rings. The summed E-state index contributed by atoms with van der Waals surface area (Å²) in [4.78, 5) is 18.8. The van der Waals surface area contributed by atoms with Crippen LogP contribution >= 0.6 is 11.8 Å². The summed E-state index contributed by atoms with van der Waals surface area (Å²) < 4.78 is 0. The zero-order valence-electron chi connectivity index (χ0n) is 17.7. The summed E-state index contributed by atoms with van der Waals surface area (Å²) in [5.74, 6) is 3.48. The van der Waals surface area contributed by atoms with E-state index >= 15 is 0 Å². The molecule has 2 fully saturated rings. The minimum Gasteiger partial charge on any atom is -0.352 e. The van der Waals surface area contributed by atoms with E-state index in [1.54, 1.807) is 0 Å². The molecular formula is C24H28N6S. The van der Waals surface area contributed by atoms with E-state index in [-0.39, 0.29) is 0 Å². The Morgan fingerprint density at radius 2 is 1.84 bits per heavy atom. The van der Waals surface area contributed by atoms with Gasteiger partial charge in [-0.2, -0.15) is 11.8 Å². The number of hydrogen-bond donors (Lipinski definition) is 1. The number of aromatic nitrogens is 2. The maximum Gasteiger partial charge on any atom is 0.147 e. The van der Waals surface area contributed by atoms with Gasteiger partial charge in [-0.3, -0.25) is 14.9 Å². The quantitative estimate of drug-likeness (QED) is 0.602. The van der Waals surface area contributed by atoms with Crippen LogP contribution in [0.15, 0.2) is 47.6 Å². The molecule has 6 nitrogen and oxygen atoms in total. The minimum absolute atomic E-state index is 0.601. The van der Waals surface area contributed by atoms with Gasteiger partial charge in [-0.05, 0) is 54.6 Å². The van der Waals surface area contributed by atoms with Gasteiger partial charge in [-0.15, -0.1) is 0 Å². The second kappa shape index (κ2) is 8.94. The van der Waals surface area contributed by atoms with Crippen LogP contribution in [0, 0.1) is 0 Å². The fourth-order valence-electron chi connectivity index (χ4n) is 4.41. The smallest absolute Gasteiger partial charge is 0.147 e. The Morgan fingerprint density at radius 3 is 2.61 bits per heavy atom. The number of fused-ring (bicyclic) bond motifs is 1. The molecule has 3 heterocycles. The monoisotopic (exact) mass is 432 g/mol. The molecule has 2 N–H and O–H groups in total. The van der Waals surface area contributed by atoms with E-state index in [4.69, 9.17) is 10.7 Å². The van der Waals surface area contributed by atoms with E-state index in [0.29, 0.717) is 12.6 Å². The Morgan fingerprint density at radius 1 is 1.06 bits per heavy atom. The summed E-state index contributed by atoms with van der Waals surface area (Å²) in [7, 11) is 0. The summed E-state index contributed by atoms with van der Waals surface area (Å²) in [6.45, 7) is 8.83. The Kier molecular flexibility index (Phi) is 5.89. The normalized spacial score (nSPS) is 17.6. The summed E-state index contributed by atoms with van der Waals surface area (Å²) in [6.07, 6.45) is 2.71. The van der Waals surface area contributed by atoms with Crippen LogP contribution in [0.25, 0.3) is 22.2 Å². The van der Waals surface area contributed by atoms with E-state index in [1.807, 2.05) is 12.3 Å². The molecule has 1 aromatic heterocycles. The average molecular weight is 433 g/mol. The molecule has 0 amide bonds. The SMILES string of the molecule is C=Nc1cc(-c2ccc3ncc(N4CC(N5CCSCC5)C4)nc3c2)ccc1CCN. The van der Waals surface area contributed by atoms with Crippen LogP contribution in [-0.4, -0.2) is 71.9 Å². The van der Waals surface area contributed by atoms with Crippen LogP contribution in [0.5, 0.6) is 0 Å².